The molecule has 1 amide bonds. The summed E-state index contributed by atoms with van der Waals surface area (Å²) in [6.07, 6.45) is 4.82. The van der Waals surface area contributed by atoms with Gasteiger partial charge in [-0.1, -0.05) is 36.0 Å². The summed E-state index contributed by atoms with van der Waals surface area (Å²) >= 11 is 7.52. The number of para-hydroxylation sites is 1. The number of benzene rings is 1. The van der Waals surface area contributed by atoms with E-state index < -0.39 is 0 Å². The van der Waals surface area contributed by atoms with Crippen molar-refractivity contribution in [3.63, 3.8) is 0 Å². The van der Waals surface area contributed by atoms with Crippen molar-refractivity contribution >= 4 is 57.4 Å². The summed E-state index contributed by atoms with van der Waals surface area (Å²) in [4.78, 5) is 37.7. The molecule has 0 unspecified atom stereocenters. The van der Waals surface area contributed by atoms with E-state index in [0.29, 0.717) is 52.7 Å². The van der Waals surface area contributed by atoms with Crippen LogP contribution in [0, 0.1) is 13.8 Å². The monoisotopic (exact) mass is 559 g/mol. The van der Waals surface area contributed by atoms with E-state index in [0.717, 1.165) is 42.3 Å². The lowest BCUT2D eigenvalue weighted by molar-refractivity contribution is -0.143. The summed E-state index contributed by atoms with van der Waals surface area (Å²) in [5.74, 6) is 1.40. The van der Waals surface area contributed by atoms with Crippen molar-refractivity contribution < 1.29 is 14.3 Å². The molecule has 38 heavy (non-hydrogen) atoms. The third-order valence-corrected chi connectivity index (χ3v) is 6.68. The van der Waals surface area contributed by atoms with Crippen LogP contribution in [-0.4, -0.2) is 53.1 Å². The normalized spacial score (nSPS) is 10.7. The van der Waals surface area contributed by atoms with Crippen LogP contribution in [0.3, 0.4) is 0 Å². The maximum atomic E-state index is 12.8. The van der Waals surface area contributed by atoms with Crippen LogP contribution in [0.25, 0.3) is 0 Å². The van der Waals surface area contributed by atoms with E-state index in [-0.39, 0.29) is 11.9 Å². The lowest BCUT2D eigenvalue weighted by Crippen LogP contribution is -2.23. The number of hydrogen-bond acceptors (Lipinski definition) is 10. The van der Waals surface area contributed by atoms with Gasteiger partial charge in [-0.15, -0.1) is 0 Å². The van der Waals surface area contributed by atoms with Gasteiger partial charge in [0.25, 0.3) is 5.91 Å². The van der Waals surface area contributed by atoms with E-state index in [2.05, 4.69) is 30.9 Å². The third kappa shape index (κ3) is 9.23. The van der Waals surface area contributed by atoms with Crippen molar-refractivity contribution in [3.05, 3.63) is 52.8 Å². The number of amides is 1. The van der Waals surface area contributed by atoms with Crippen molar-refractivity contribution in [2.75, 3.05) is 41.3 Å². The fourth-order valence-corrected chi connectivity index (χ4v) is 4.67. The van der Waals surface area contributed by atoms with Crippen LogP contribution in [-0.2, 0) is 9.53 Å². The number of aryl methyl sites for hydroxylation is 2. The van der Waals surface area contributed by atoms with E-state index in [1.54, 1.807) is 12.1 Å². The molecule has 0 aliphatic carbocycles. The second-order valence-electron chi connectivity index (χ2n) is 8.51. The Morgan fingerprint density at radius 2 is 1.84 bits per heavy atom. The molecule has 3 N–H and O–H groups in total. The number of aromatic nitrogens is 3. The molecule has 0 bridgehead atoms. The highest BCUT2D eigenvalue weighted by molar-refractivity contribution is 7.17. The van der Waals surface area contributed by atoms with E-state index in [9.17, 15) is 9.59 Å². The van der Waals surface area contributed by atoms with Gasteiger partial charge in [-0.3, -0.25) is 9.59 Å². The molecule has 2 heterocycles. The molecule has 0 aliphatic heterocycles. The van der Waals surface area contributed by atoms with Crippen LogP contribution in [0.1, 0.15) is 53.7 Å². The molecule has 0 saturated heterocycles. The molecule has 0 spiro atoms. The Bertz CT molecular complexity index is 1210. The second-order valence-corrected chi connectivity index (χ2v) is 9.87. The van der Waals surface area contributed by atoms with Gasteiger partial charge < -0.3 is 20.7 Å². The largest absolute Gasteiger partial charge is 0.466 e. The minimum atomic E-state index is -0.348. The average Bonchev–Trinajstić information content (AvgIpc) is 3.35. The number of esters is 1. The molecule has 0 atom stereocenters. The SMILES string of the molecule is CCOC(=O)CCCCCNCCNc1cc(Nc2ncc(C(=O)N(Cl)c3ccccc3C)s2)nc(C)n1. The first-order valence-electron chi connectivity index (χ1n) is 12.6. The molecule has 204 valence electrons. The van der Waals surface area contributed by atoms with Gasteiger partial charge in [-0.2, -0.15) is 0 Å². The zero-order valence-electron chi connectivity index (χ0n) is 21.9. The van der Waals surface area contributed by atoms with Gasteiger partial charge in [0, 0.05) is 37.4 Å². The zero-order chi connectivity index (χ0) is 27.3. The number of nitrogens with zero attached hydrogens (tertiary/aromatic N) is 4. The Morgan fingerprint density at radius 1 is 1.05 bits per heavy atom. The number of hydrogen-bond donors (Lipinski definition) is 3. The lowest BCUT2D eigenvalue weighted by Gasteiger charge is -2.14. The molecular weight excluding hydrogens is 526 g/mol. The molecule has 3 aromatic rings. The van der Waals surface area contributed by atoms with Crippen molar-refractivity contribution in [3.8, 4) is 0 Å². The van der Waals surface area contributed by atoms with Crippen LogP contribution < -0.4 is 20.4 Å². The molecule has 2 aromatic heterocycles. The van der Waals surface area contributed by atoms with Crippen LogP contribution in [0.4, 0.5) is 22.5 Å². The van der Waals surface area contributed by atoms with Gasteiger partial charge in [-0.05, 0) is 51.8 Å². The number of anilines is 4. The summed E-state index contributed by atoms with van der Waals surface area (Å²) in [6.45, 7) is 8.32. The summed E-state index contributed by atoms with van der Waals surface area (Å²) in [7, 11) is 0. The van der Waals surface area contributed by atoms with Crippen molar-refractivity contribution in [2.24, 2.45) is 0 Å². The van der Waals surface area contributed by atoms with Gasteiger partial charge >= 0.3 is 5.97 Å². The lowest BCUT2D eigenvalue weighted by atomic mass is 10.2. The second kappa shape index (κ2) is 15.2. The first kappa shape index (κ1) is 29.3. The van der Waals surface area contributed by atoms with Gasteiger partial charge in [0.05, 0.1) is 18.5 Å². The fraction of sp³-hybridized carbons (Fsp3) is 0.423. The molecule has 0 fully saturated rings. The summed E-state index contributed by atoms with van der Waals surface area (Å²) < 4.78 is 6.04. The summed E-state index contributed by atoms with van der Waals surface area (Å²) in [5, 5.41) is 10.4. The number of rotatable bonds is 15. The number of nitrogens with one attached hydrogen (secondary N) is 3. The molecule has 0 saturated carbocycles. The van der Waals surface area contributed by atoms with Crippen LogP contribution in [0.5, 0.6) is 0 Å². The quantitative estimate of drug-likeness (QED) is 0.131. The number of unbranched alkanes of at least 4 members (excludes halogenated alkanes) is 2. The number of ether oxygens (including phenoxy) is 1. The van der Waals surface area contributed by atoms with Gasteiger partial charge in [0.1, 0.15) is 22.3 Å². The summed E-state index contributed by atoms with van der Waals surface area (Å²) in [6, 6.07) is 9.22. The minimum Gasteiger partial charge on any atom is -0.466 e. The van der Waals surface area contributed by atoms with Crippen LogP contribution in [0.2, 0.25) is 0 Å². The topological polar surface area (TPSA) is 121 Å². The van der Waals surface area contributed by atoms with E-state index in [1.165, 1.54) is 17.5 Å². The Morgan fingerprint density at radius 3 is 2.63 bits per heavy atom. The number of thiazole rings is 1. The van der Waals surface area contributed by atoms with E-state index in [1.807, 2.05) is 39.0 Å². The molecule has 0 radical (unpaired) electrons. The predicted octanol–water partition coefficient (Wildman–Crippen LogP) is 5.22. The molecule has 12 heteroatoms. The molecule has 1 aromatic carbocycles. The number of halogens is 1. The van der Waals surface area contributed by atoms with Crippen LogP contribution >= 0.6 is 23.1 Å². The van der Waals surface area contributed by atoms with E-state index in [4.69, 9.17) is 16.5 Å². The highest BCUT2D eigenvalue weighted by atomic mass is 35.5. The van der Waals surface area contributed by atoms with Crippen molar-refractivity contribution in [1.29, 1.82) is 0 Å². The minimum absolute atomic E-state index is 0.123. The predicted molar refractivity (Wildman–Crippen MR) is 152 cm³/mol. The first-order chi connectivity index (χ1) is 18.4. The maximum absolute atomic E-state index is 12.8. The smallest absolute Gasteiger partial charge is 0.305 e. The van der Waals surface area contributed by atoms with Gasteiger partial charge in [-0.25, -0.2) is 19.4 Å². The molecule has 0 aliphatic rings. The zero-order valence-corrected chi connectivity index (χ0v) is 23.5. The van der Waals surface area contributed by atoms with E-state index >= 15 is 0 Å². The van der Waals surface area contributed by atoms with Crippen LogP contribution in [0.15, 0.2) is 36.5 Å². The van der Waals surface area contributed by atoms with Crippen molar-refractivity contribution in [1.82, 2.24) is 20.3 Å². The Balaban J connectivity index is 1.43. The summed E-state index contributed by atoms with van der Waals surface area (Å²) in [5.41, 5.74) is 1.53. The highest BCUT2D eigenvalue weighted by Gasteiger charge is 2.20. The first-order valence-corrected chi connectivity index (χ1v) is 13.8. The Hall–Kier alpha value is -3.28. The van der Waals surface area contributed by atoms with Crippen molar-refractivity contribution in [2.45, 2.75) is 46.5 Å². The fourth-order valence-electron chi connectivity index (χ4n) is 3.59. The third-order valence-electron chi connectivity index (χ3n) is 5.44. The standard InChI is InChI=1S/C26H34ClN7O3S/c1-4-37-24(35)12-6-5-9-13-28-14-15-29-22-16-23(32-19(3)31-22)33-26-30-17-21(38-26)25(36)34(27)20-11-8-7-10-18(20)2/h7-8,10-11,16-17,28H,4-6,9,12-15H2,1-3H3,(H2,29,30,31,32,33). The molecular formula is C26H34ClN7O3S. The Labute approximate surface area is 232 Å². The number of carbonyl (C=O) groups excluding carboxylic acids is 2. The Kier molecular flexibility index (Phi) is 11.7. The molecule has 10 nitrogen and oxygen atoms in total. The van der Waals surface area contributed by atoms with Gasteiger partial charge in [0.2, 0.25) is 0 Å². The highest BCUT2D eigenvalue weighted by Crippen LogP contribution is 2.28. The maximum Gasteiger partial charge on any atom is 0.305 e. The molecule has 3 rings (SSSR count). The average molecular weight is 560 g/mol. The van der Waals surface area contributed by atoms with Gasteiger partial charge in [0.15, 0.2) is 5.13 Å². The number of carbonyl (C=O) groups is 2.